The van der Waals surface area contributed by atoms with Crippen LogP contribution in [-0.2, 0) is 4.74 Å². The van der Waals surface area contributed by atoms with Gasteiger partial charge in [0.05, 0.1) is 12.2 Å². The lowest BCUT2D eigenvalue weighted by Gasteiger charge is -2.01. The summed E-state index contributed by atoms with van der Waals surface area (Å²) in [6, 6.07) is 16.0. The molecule has 0 aliphatic carbocycles. The standard InChI is InChI=1S/C18H16O3/c1-2-21-18(20)16-11-8-14(9-12-16)10-13-17(19)15-6-4-3-5-7-15/h3-13H,2H2,1H3/b13-10+. The second-order valence-electron chi connectivity index (χ2n) is 4.41. The van der Waals surface area contributed by atoms with Crippen molar-refractivity contribution in [2.45, 2.75) is 6.92 Å². The van der Waals surface area contributed by atoms with Crippen LogP contribution < -0.4 is 0 Å². The molecule has 0 saturated carbocycles. The quantitative estimate of drug-likeness (QED) is 0.476. The number of ketones is 1. The molecule has 21 heavy (non-hydrogen) atoms. The molecule has 0 aliphatic heterocycles. The molecule has 0 amide bonds. The summed E-state index contributed by atoms with van der Waals surface area (Å²) in [5.41, 5.74) is 2.01. The van der Waals surface area contributed by atoms with E-state index in [1.165, 1.54) is 6.08 Å². The van der Waals surface area contributed by atoms with Gasteiger partial charge in [-0.05, 0) is 30.7 Å². The molecule has 106 valence electrons. The zero-order chi connectivity index (χ0) is 15.1. The molecule has 3 nitrogen and oxygen atoms in total. The molecule has 0 spiro atoms. The van der Waals surface area contributed by atoms with Crippen LogP contribution in [0, 0.1) is 0 Å². The molecule has 0 bridgehead atoms. The molecule has 0 aliphatic rings. The molecule has 2 aromatic rings. The Labute approximate surface area is 123 Å². The maximum atomic E-state index is 11.9. The molecular weight excluding hydrogens is 264 g/mol. The molecule has 0 heterocycles. The highest BCUT2D eigenvalue weighted by molar-refractivity contribution is 6.06. The fraction of sp³-hybridized carbons (Fsp3) is 0.111. The molecule has 0 N–H and O–H groups in total. The highest BCUT2D eigenvalue weighted by Gasteiger charge is 2.05. The molecule has 0 atom stereocenters. The highest BCUT2D eigenvalue weighted by Crippen LogP contribution is 2.09. The minimum atomic E-state index is -0.339. The van der Waals surface area contributed by atoms with Gasteiger partial charge in [-0.3, -0.25) is 4.79 Å². The van der Waals surface area contributed by atoms with E-state index in [0.29, 0.717) is 17.7 Å². The topological polar surface area (TPSA) is 43.4 Å². The van der Waals surface area contributed by atoms with Gasteiger partial charge < -0.3 is 4.74 Å². The van der Waals surface area contributed by atoms with Gasteiger partial charge >= 0.3 is 5.97 Å². The Balaban J connectivity index is 2.05. The first kappa shape index (κ1) is 14.7. The summed E-state index contributed by atoms with van der Waals surface area (Å²) in [7, 11) is 0. The van der Waals surface area contributed by atoms with E-state index in [4.69, 9.17) is 4.74 Å². The minimum absolute atomic E-state index is 0.0509. The zero-order valence-corrected chi connectivity index (χ0v) is 11.8. The third kappa shape index (κ3) is 4.14. The van der Waals surface area contributed by atoms with E-state index in [-0.39, 0.29) is 11.8 Å². The van der Waals surface area contributed by atoms with Gasteiger partial charge in [-0.2, -0.15) is 0 Å². The van der Waals surface area contributed by atoms with Gasteiger partial charge in [-0.1, -0.05) is 48.5 Å². The van der Waals surface area contributed by atoms with E-state index < -0.39 is 0 Å². The predicted octanol–water partition coefficient (Wildman–Crippen LogP) is 3.76. The lowest BCUT2D eigenvalue weighted by atomic mass is 10.1. The van der Waals surface area contributed by atoms with Crippen molar-refractivity contribution < 1.29 is 14.3 Å². The second kappa shape index (κ2) is 7.20. The predicted molar refractivity (Wildman–Crippen MR) is 82.2 cm³/mol. The van der Waals surface area contributed by atoms with Crippen molar-refractivity contribution in [3.8, 4) is 0 Å². The van der Waals surface area contributed by atoms with Crippen molar-refractivity contribution in [3.63, 3.8) is 0 Å². The first-order valence-electron chi connectivity index (χ1n) is 6.75. The fourth-order valence-electron chi connectivity index (χ4n) is 1.82. The number of carbonyl (C=O) groups is 2. The van der Waals surface area contributed by atoms with Crippen LogP contribution in [0.15, 0.2) is 60.7 Å². The van der Waals surface area contributed by atoms with E-state index in [2.05, 4.69) is 0 Å². The molecule has 0 aromatic heterocycles. The number of hydrogen-bond donors (Lipinski definition) is 0. The first-order chi connectivity index (χ1) is 10.2. The third-order valence-electron chi connectivity index (χ3n) is 2.91. The fourth-order valence-corrected chi connectivity index (χ4v) is 1.82. The highest BCUT2D eigenvalue weighted by atomic mass is 16.5. The van der Waals surface area contributed by atoms with Gasteiger partial charge in [0.1, 0.15) is 0 Å². The lowest BCUT2D eigenvalue weighted by molar-refractivity contribution is 0.0526. The normalized spacial score (nSPS) is 10.5. The van der Waals surface area contributed by atoms with Gasteiger partial charge in [-0.25, -0.2) is 4.79 Å². The number of hydrogen-bond acceptors (Lipinski definition) is 3. The van der Waals surface area contributed by atoms with Gasteiger partial charge in [0.25, 0.3) is 0 Å². The minimum Gasteiger partial charge on any atom is -0.462 e. The van der Waals surface area contributed by atoms with Crippen molar-refractivity contribution >= 4 is 17.8 Å². The van der Waals surface area contributed by atoms with Crippen LogP contribution in [0.1, 0.15) is 33.2 Å². The van der Waals surface area contributed by atoms with Crippen molar-refractivity contribution in [2.75, 3.05) is 6.61 Å². The van der Waals surface area contributed by atoms with Crippen LogP contribution >= 0.6 is 0 Å². The summed E-state index contributed by atoms with van der Waals surface area (Å²) in [5, 5.41) is 0. The van der Waals surface area contributed by atoms with E-state index in [1.807, 2.05) is 18.2 Å². The molecule has 3 heteroatoms. The zero-order valence-electron chi connectivity index (χ0n) is 11.8. The SMILES string of the molecule is CCOC(=O)c1ccc(/C=C/C(=O)c2ccccc2)cc1. The Bertz CT molecular complexity index is 640. The van der Waals surface area contributed by atoms with Crippen LogP contribution in [0.3, 0.4) is 0 Å². The monoisotopic (exact) mass is 280 g/mol. The first-order valence-corrected chi connectivity index (χ1v) is 6.75. The van der Waals surface area contributed by atoms with E-state index >= 15 is 0 Å². The Morgan fingerprint density at radius 1 is 0.952 bits per heavy atom. The van der Waals surface area contributed by atoms with Crippen molar-refractivity contribution in [2.24, 2.45) is 0 Å². The Morgan fingerprint density at radius 3 is 2.24 bits per heavy atom. The average molecular weight is 280 g/mol. The summed E-state index contributed by atoms with van der Waals surface area (Å²) in [6.07, 6.45) is 3.25. The van der Waals surface area contributed by atoms with Gasteiger partial charge in [0, 0.05) is 5.56 Å². The number of carbonyl (C=O) groups excluding carboxylic acids is 2. The van der Waals surface area contributed by atoms with Crippen molar-refractivity contribution in [1.29, 1.82) is 0 Å². The summed E-state index contributed by atoms with van der Waals surface area (Å²) in [4.78, 5) is 23.4. The van der Waals surface area contributed by atoms with E-state index in [9.17, 15) is 9.59 Å². The van der Waals surface area contributed by atoms with E-state index in [0.717, 1.165) is 5.56 Å². The van der Waals surface area contributed by atoms with Crippen molar-refractivity contribution in [1.82, 2.24) is 0 Å². The number of ether oxygens (including phenoxy) is 1. The van der Waals surface area contributed by atoms with Crippen LogP contribution in [0.5, 0.6) is 0 Å². The summed E-state index contributed by atoms with van der Waals surface area (Å²) < 4.78 is 4.91. The summed E-state index contributed by atoms with van der Waals surface area (Å²) >= 11 is 0. The molecule has 0 saturated heterocycles. The molecular formula is C18H16O3. The molecule has 0 fully saturated rings. The third-order valence-corrected chi connectivity index (χ3v) is 2.91. The van der Waals surface area contributed by atoms with Crippen LogP contribution in [0.2, 0.25) is 0 Å². The molecule has 0 radical (unpaired) electrons. The summed E-state index contributed by atoms with van der Waals surface area (Å²) in [6.45, 7) is 2.12. The summed E-state index contributed by atoms with van der Waals surface area (Å²) in [5.74, 6) is -0.390. The van der Waals surface area contributed by atoms with Gasteiger partial charge in [0.2, 0.25) is 0 Å². The van der Waals surface area contributed by atoms with Crippen molar-refractivity contribution in [3.05, 3.63) is 77.4 Å². The number of benzene rings is 2. The average Bonchev–Trinajstić information content (AvgIpc) is 2.54. The second-order valence-corrected chi connectivity index (χ2v) is 4.41. The number of rotatable bonds is 5. The number of allylic oxidation sites excluding steroid dienone is 1. The molecule has 2 rings (SSSR count). The molecule has 2 aromatic carbocycles. The Hall–Kier alpha value is -2.68. The lowest BCUT2D eigenvalue weighted by Crippen LogP contribution is -2.04. The van der Waals surface area contributed by atoms with Crippen LogP contribution in [0.25, 0.3) is 6.08 Å². The largest absolute Gasteiger partial charge is 0.462 e. The van der Waals surface area contributed by atoms with E-state index in [1.54, 1.807) is 49.4 Å². The molecule has 0 unspecified atom stereocenters. The maximum absolute atomic E-state index is 11.9. The number of esters is 1. The Kier molecular flexibility index (Phi) is 5.04. The van der Waals surface area contributed by atoms with Crippen LogP contribution in [-0.4, -0.2) is 18.4 Å². The Morgan fingerprint density at radius 2 is 1.62 bits per heavy atom. The smallest absolute Gasteiger partial charge is 0.338 e. The van der Waals surface area contributed by atoms with Crippen LogP contribution in [0.4, 0.5) is 0 Å². The van der Waals surface area contributed by atoms with Gasteiger partial charge in [-0.15, -0.1) is 0 Å². The maximum Gasteiger partial charge on any atom is 0.338 e. The van der Waals surface area contributed by atoms with Gasteiger partial charge in [0.15, 0.2) is 5.78 Å².